The Hall–Kier alpha value is -2.86. The molecule has 25 heavy (non-hydrogen) atoms. The van der Waals surface area contributed by atoms with Crippen LogP contribution in [-0.2, 0) is 6.42 Å². The molecule has 0 saturated heterocycles. The summed E-state index contributed by atoms with van der Waals surface area (Å²) in [6.07, 6.45) is 1.56. The molecule has 2 aromatic carbocycles. The van der Waals surface area contributed by atoms with E-state index >= 15 is 0 Å². The first-order valence-corrected chi connectivity index (χ1v) is 8.24. The Morgan fingerprint density at radius 1 is 1.16 bits per heavy atom. The molecule has 0 saturated carbocycles. The quantitative estimate of drug-likeness (QED) is 0.582. The van der Waals surface area contributed by atoms with Crippen LogP contribution in [0.4, 0.5) is 0 Å². The SMILES string of the molecule is O=C(O)c1cccc(OCCCNCCc2nc3ccccc3o2)c1. The number of oxazole rings is 1. The van der Waals surface area contributed by atoms with E-state index in [4.69, 9.17) is 14.3 Å². The molecule has 0 fully saturated rings. The summed E-state index contributed by atoms with van der Waals surface area (Å²) in [6, 6.07) is 14.2. The minimum atomic E-state index is -0.952. The number of hydrogen-bond acceptors (Lipinski definition) is 5. The molecule has 6 heteroatoms. The summed E-state index contributed by atoms with van der Waals surface area (Å²) in [7, 11) is 0. The van der Waals surface area contributed by atoms with Gasteiger partial charge in [0.2, 0.25) is 0 Å². The summed E-state index contributed by atoms with van der Waals surface area (Å²) in [6.45, 7) is 2.11. The number of aromatic nitrogens is 1. The summed E-state index contributed by atoms with van der Waals surface area (Å²) >= 11 is 0. The molecular formula is C19H20N2O4. The van der Waals surface area contributed by atoms with Gasteiger partial charge in [-0.05, 0) is 43.3 Å². The van der Waals surface area contributed by atoms with Crippen molar-refractivity contribution in [1.82, 2.24) is 10.3 Å². The van der Waals surface area contributed by atoms with Crippen molar-refractivity contribution in [3.05, 3.63) is 60.0 Å². The number of benzene rings is 2. The van der Waals surface area contributed by atoms with Gasteiger partial charge in [-0.15, -0.1) is 0 Å². The maximum absolute atomic E-state index is 10.9. The van der Waals surface area contributed by atoms with Gasteiger partial charge in [0.1, 0.15) is 11.3 Å². The molecule has 3 rings (SSSR count). The second kappa shape index (κ2) is 8.30. The lowest BCUT2D eigenvalue weighted by atomic mass is 10.2. The van der Waals surface area contributed by atoms with Gasteiger partial charge in [-0.1, -0.05) is 18.2 Å². The highest BCUT2D eigenvalue weighted by atomic mass is 16.5. The Balaban J connectivity index is 1.32. The number of carboxylic acids is 1. The maximum atomic E-state index is 10.9. The van der Waals surface area contributed by atoms with Crippen LogP contribution in [0.15, 0.2) is 52.9 Å². The van der Waals surface area contributed by atoms with Crippen molar-refractivity contribution in [3.8, 4) is 5.75 Å². The topological polar surface area (TPSA) is 84.6 Å². The molecule has 0 aliphatic carbocycles. The molecule has 0 aliphatic rings. The van der Waals surface area contributed by atoms with Crippen molar-refractivity contribution < 1.29 is 19.1 Å². The Kier molecular flexibility index (Phi) is 5.64. The lowest BCUT2D eigenvalue weighted by Gasteiger charge is -2.07. The lowest BCUT2D eigenvalue weighted by Crippen LogP contribution is -2.20. The van der Waals surface area contributed by atoms with Crippen molar-refractivity contribution in [2.24, 2.45) is 0 Å². The third-order valence-corrected chi connectivity index (χ3v) is 3.70. The third-order valence-electron chi connectivity index (χ3n) is 3.70. The molecule has 0 bridgehead atoms. The number of para-hydroxylation sites is 2. The highest BCUT2D eigenvalue weighted by molar-refractivity contribution is 5.88. The fraction of sp³-hybridized carbons (Fsp3) is 0.263. The number of nitrogens with one attached hydrogen (secondary N) is 1. The number of nitrogens with zero attached hydrogens (tertiary/aromatic N) is 1. The van der Waals surface area contributed by atoms with Crippen molar-refractivity contribution >= 4 is 17.1 Å². The summed E-state index contributed by atoms with van der Waals surface area (Å²) in [5.74, 6) is 0.355. The monoisotopic (exact) mass is 340 g/mol. The van der Waals surface area contributed by atoms with Gasteiger partial charge < -0.3 is 19.6 Å². The van der Waals surface area contributed by atoms with Crippen molar-refractivity contribution in [1.29, 1.82) is 0 Å². The van der Waals surface area contributed by atoms with E-state index in [0.717, 1.165) is 42.9 Å². The fourth-order valence-corrected chi connectivity index (χ4v) is 2.45. The van der Waals surface area contributed by atoms with Crippen molar-refractivity contribution in [2.75, 3.05) is 19.7 Å². The molecular weight excluding hydrogens is 320 g/mol. The van der Waals surface area contributed by atoms with Gasteiger partial charge >= 0.3 is 5.97 Å². The highest BCUT2D eigenvalue weighted by Gasteiger charge is 2.05. The first-order chi connectivity index (χ1) is 12.2. The van der Waals surface area contributed by atoms with Crippen LogP contribution in [0.1, 0.15) is 22.7 Å². The third kappa shape index (κ3) is 4.81. The predicted octanol–water partition coefficient (Wildman–Crippen LogP) is 3.13. The van der Waals surface area contributed by atoms with E-state index in [1.54, 1.807) is 18.2 Å². The second-order valence-corrected chi connectivity index (χ2v) is 5.61. The molecule has 1 heterocycles. The average Bonchev–Trinajstić information content (AvgIpc) is 3.04. The molecule has 3 aromatic rings. The van der Waals surface area contributed by atoms with Gasteiger partial charge in [0.05, 0.1) is 12.2 Å². The first-order valence-electron chi connectivity index (χ1n) is 8.24. The fourth-order valence-electron chi connectivity index (χ4n) is 2.45. The van der Waals surface area contributed by atoms with Crippen molar-refractivity contribution in [3.63, 3.8) is 0 Å². The largest absolute Gasteiger partial charge is 0.494 e. The Morgan fingerprint density at radius 3 is 2.88 bits per heavy atom. The zero-order valence-corrected chi connectivity index (χ0v) is 13.8. The zero-order chi connectivity index (χ0) is 17.5. The molecule has 0 unspecified atom stereocenters. The van der Waals surface area contributed by atoms with Gasteiger partial charge in [-0.25, -0.2) is 9.78 Å². The summed E-state index contributed by atoms with van der Waals surface area (Å²) in [4.78, 5) is 15.3. The van der Waals surface area contributed by atoms with Crippen LogP contribution in [0.2, 0.25) is 0 Å². The number of fused-ring (bicyclic) bond motifs is 1. The van der Waals surface area contributed by atoms with Gasteiger partial charge in [0, 0.05) is 13.0 Å². The van der Waals surface area contributed by atoms with E-state index in [1.807, 2.05) is 24.3 Å². The zero-order valence-electron chi connectivity index (χ0n) is 13.8. The van der Waals surface area contributed by atoms with E-state index < -0.39 is 5.97 Å². The van der Waals surface area contributed by atoms with Crippen LogP contribution in [0, 0.1) is 0 Å². The van der Waals surface area contributed by atoms with Crippen LogP contribution < -0.4 is 10.1 Å². The standard InChI is InChI=1S/C19H20N2O4/c22-19(23)14-5-3-6-15(13-14)24-12-4-10-20-11-9-18-21-16-7-1-2-8-17(16)25-18/h1-3,5-8,13,20H,4,9-12H2,(H,22,23). The molecule has 0 amide bonds. The normalized spacial score (nSPS) is 10.9. The smallest absolute Gasteiger partial charge is 0.335 e. The van der Waals surface area contributed by atoms with Gasteiger partial charge in [-0.2, -0.15) is 0 Å². The lowest BCUT2D eigenvalue weighted by molar-refractivity contribution is 0.0696. The summed E-state index contributed by atoms with van der Waals surface area (Å²) in [5, 5.41) is 12.3. The Morgan fingerprint density at radius 2 is 2.04 bits per heavy atom. The highest BCUT2D eigenvalue weighted by Crippen LogP contribution is 2.15. The van der Waals surface area contributed by atoms with E-state index in [1.165, 1.54) is 6.07 Å². The Labute approximate surface area is 145 Å². The van der Waals surface area contributed by atoms with Crippen LogP contribution in [0.3, 0.4) is 0 Å². The van der Waals surface area contributed by atoms with E-state index in [2.05, 4.69) is 10.3 Å². The molecule has 0 atom stereocenters. The number of carboxylic acid groups (broad SMARTS) is 1. The van der Waals surface area contributed by atoms with Crippen LogP contribution in [0.5, 0.6) is 5.75 Å². The number of hydrogen-bond donors (Lipinski definition) is 2. The molecule has 130 valence electrons. The summed E-state index contributed by atoms with van der Waals surface area (Å²) < 4.78 is 11.2. The van der Waals surface area contributed by atoms with E-state index in [9.17, 15) is 4.79 Å². The van der Waals surface area contributed by atoms with Crippen LogP contribution in [0.25, 0.3) is 11.1 Å². The minimum absolute atomic E-state index is 0.231. The van der Waals surface area contributed by atoms with E-state index in [0.29, 0.717) is 12.4 Å². The molecule has 2 N–H and O–H groups in total. The van der Waals surface area contributed by atoms with E-state index in [-0.39, 0.29) is 5.56 Å². The van der Waals surface area contributed by atoms with Gasteiger partial charge in [0.25, 0.3) is 0 Å². The maximum Gasteiger partial charge on any atom is 0.335 e. The minimum Gasteiger partial charge on any atom is -0.494 e. The molecule has 0 aliphatic heterocycles. The van der Waals surface area contributed by atoms with Crippen molar-refractivity contribution in [2.45, 2.75) is 12.8 Å². The number of rotatable bonds is 9. The first kappa shape index (κ1) is 17.0. The van der Waals surface area contributed by atoms with Gasteiger partial charge in [0.15, 0.2) is 11.5 Å². The van der Waals surface area contributed by atoms with Gasteiger partial charge in [-0.3, -0.25) is 0 Å². The number of ether oxygens (including phenoxy) is 1. The average molecular weight is 340 g/mol. The molecule has 1 aromatic heterocycles. The molecule has 0 radical (unpaired) electrons. The predicted molar refractivity (Wildman–Crippen MR) is 94.1 cm³/mol. The second-order valence-electron chi connectivity index (χ2n) is 5.61. The summed E-state index contributed by atoms with van der Waals surface area (Å²) in [5.41, 5.74) is 1.93. The molecule has 6 nitrogen and oxygen atoms in total. The van der Waals surface area contributed by atoms with Crippen LogP contribution >= 0.6 is 0 Å². The Bertz CT molecular complexity index is 811. The van der Waals surface area contributed by atoms with Crippen LogP contribution in [-0.4, -0.2) is 35.8 Å². The molecule has 0 spiro atoms. The number of aromatic carboxylic acids is 1. The number of carbonyl (C=O) groups is 1.